The van der Waals surface area contributed by atoms with Crippen LogP contribution < -0.4 is 0 Å². The molecule has 3 fully saturated rings. The maximum absolute atomic E-state index is 5.75. The predicted octanol–water partition coefficient (Wildman–Crippen LogP) is 1.87. The minimum Gasteiger partial charge on any atom is -0.378 e. The van der Waals surface area contributed by atoms with Gasteiger partial charge < -0.3 is 18.9 Å². The van der Waals surface area contributed by atoms with Crippen molar-refractivity contribution in [1.82, 2.24) is 0 Å². The van der Waals surface area contributed by atoms with Crippen LogP contribution in [0, 0.1) is 17.8 Å². The largest absolute Gasteiger partial charge is 0.378 e. The van der Waals surface area contributed by atoms with Crippen molar-refractivity contribution in [2.75, 3.05) is 39.6 Å². The first-order valence-electron chi connectivity index (χ1n) is 7.70. The topological polar surface area (TPSA) is 43.5 Å². The van der Waals surface area contributed by atoms with E-state index in [0.29, 0.717) is 12.2 Å². The van der Waals surface area contributed by atoms with Gasteiger partial charge in [0.25, 0.3) is 0 Å². The first-order chi connectivity index (χ1) is 9.31. The van der Waals surface area contributed by atoms with Gasteiger partial charge in [-0.3, -0.25) is 0 Å². The summed E-state index contributed by atoms with van der Waals surface area (Å²) in [7, 11) is 0. The van der Waals surface area contributed by atoms with Crippen molar-refractivity contribution in [1.29, 1.82) is 0 Å². The van der Waals surface area contributed by atoms with Crippen LogP contribution >= 0.6 is 0 Å². The highest BCUT2D eigenvalue weighted by Gasteiger charge is 2.30. The van der Waals surface area contributed by atoms with Crippen LogP contribution in [0.25, 0.3) is 0 Å². The molecule has 0 bridgehead atoms. The van der Waals surface area contributed by atoms with Crippen molar-refractivity contribution in [2.24, 2.45) is 17.8 Å². The van der Waals surface area contributed by atoms with Gasteiger partial charge in [-0.15, -0.1) is 0 Å². The van der Waals surface area contributed by atoms with Gasteiger partial charge in [-0.25, -0.2) is 0 Å². The van der Waals surface area contributed by atoms with E-state index >= 15 is 0 Å². The van der Waals surface area contributed by atoms with E-state index in [0.717, 1.165) is 57.4 Å². The molecule has 110 valence electrons. The highest BCUT2D eigenvalue weighted by molar-refractivity contribution is 4.78. The Balaban J connectivity index is 1.28. The van der Waals surface area contributed by atoms with Crippen LogP contribution in [0.5, 0.6) is 0 Å². The van der Waals surface area contributed by atoms with Gasteiger partial charge >= 0.3 is 0 Å². The quantitative estimate of drug-likeness (QED) is 0.632. The van der Waals surface area contributed by atoms with Crippen molar-refractivity contribution in [3.8, 4) is 0 Å². The van der Waals surface area contributed by atoms with E-state index in [4.69, 9.17) is 18.9 Å². The van der Waals surface area contributed by atoms with Crippen molar-refractivity contribution >= 4 is 0 Å². The first kappa shape index (κ1) is 13.8. The molecule has 0 N–H and O–H groups in total. The molecular formula is C15H26O4. The van der Waals surface area contributed by atoms with Crippen LogP contribution in [0.2, 0.25) is 0 Å². The number of epoxide rings is 2. The summed E-state index contributed by atoms with van der Waals surface area (Å²) >= 11 is 0. The van der Waals surface area contributed by atoms with Gasteiger partial charge in [-0.2, -0.15) is 0 Å². The van der Waals surface area contributed by atoms with Gasteiger partial charge in [0.15, 0.2) is 0 Å². The summed E-state index contributed by atoms with van der Waals surface area (Å²) in [6, 6.07) is 0. The summed E-state index contributed by atoms with van der Waals surface area (Å²) in [5.74, 6) is 2.21. The maximum Gasteiger partial charge on any atom is 0.104 e. The Kier molecular flexibility index (Phi) is 4.74. The average Bonchev–Trinajstić information content (AvgIpc) is 3.24. The van der Waals surface area contributed by atoms with Crippen LogP contribution in [0.15, 0.2) is 0 Å². The lowest BCUT2D eigenvalue weighted by atomic mass is 9.75. The molecule has 0 amide bonds. The maximum atomic E-state index is 5.75. The monoisotopic (exact) mass is 270 g/mol. The molecule has 19 heavy (non-hydrogen) atoms. The molecule has 5 unspecified atom stereocenters. The molecular weight excluding hydrogens is 244 g/mol. The molecule has 1 saturated carbocycles. The van der Waals surface area contributed by atoms with Gasteiger partial charge in [0.2, 0.25) is 0 Å². The highest BCUT2D eigenvalue weighted by atomic mass is 16.6. The molecule has 0 aromatic carbocycles. The summed E-state index contributed by atoms with van der Waals surface area (Å²) in [5.41, 5.74) is 0. The summed E-state index contributed by atoms with van der Waals surface area (Å²) in [4.78, 5) is 0. The van der Waals surface area contributed by atoms with Gasteiger partial charge in [0, 0.05) is 13.2 Å². The van der Waals surface area contributed by atoms with Crippen molar-refractivity contribution < 1.29 is 18.9 Å². The first-order valence-corrected chi connectivity index (χ1v) is 7.70. The fourth-order valence-corrected chi connectivity index (χ4v) is 3.01. The summed E-state index contributed by atoms with van der Waals surface area (Å²) in [6.07, 6.45) is 4.63. The van der Waals surface area contributed by atoms with Gasteiger partial charge in [-0.05, 0) is 37.0 Å². The van der Waals surface area contributed by atoms with E-state index in [1.54, 1.807) is 0 Å². The van der Waals surface area contributed by atoms with E-state index in [1.165, 1.54) is 19.3 Å². The molecule has 1 aliphatic carbocycles. The molecule has 4 nitrogen and oxygen atoms in total. The molecule has 2 heterocycles. The Morgan fingerprint density at radius 2 is 1.53 bits per heavy atom. The van der Waals surface area contributed by atoms with E-state index in [2.05, 4.69) is 6.92 Å². The van der Waals surface area contributed by atoms with Crippen molar-refractivity contribution in [3.63, 3.8) is 0 Å². The molecule has 3 aliphatic rings. The standard InChI is InChI=1S/C15H26O4/c1-11-4-12(5-16-7-14-9-18-14)2-3-13(11)6-17-8-15-10-19-15/h11-15H,2-10H2,1H3. The third-order valence-electron chi connectivity index (χ3n) is 4.55. The number of hydrogen-bond acceptors (Lipinski definition) is 4. The number of ether oxygens (including phenoxy) is 4. The minimum atomic E-state index is 0.393. The third-order valence-corrected chi connectivity index (χ3v) is 4.55. The SMILES string of the molecule is CC1CC(COCC2CO2)CCC1COCC1CO1. The Morgan fingerprint density at radius 1 is 0.895 bits per heavy atom. The van der Waals surface area contributed by atoms with E-state index in [1.807, 2.05) is 0 Å². The fraction of sp³-hybridized carbons (Fsp3) is 1.00. The molecule has 4 heteroatoms. The third kappa shape index (κ3) is 4.71. The lowest BCUT2D eigenvalue weighted by Crippen LogP contribution is -2.29. The molecule has 0 aromatic heterocycles. The Hall–Kier alpha value is -0.160. The van der Waals surface area contributed by atoms with Crippen molar-refractivity contribution in [2.45, 2.75) is 38.4 Å². The van der Waals surface area contributed by atoms with Crippen LogP contribution in [0.4, 0.5) is 0 Å². The molecule has 5 atom stereocenters. The van der Waals surface area contributed by atoms with Gasteiger partial charge in [-0.1, -0.05) is 6.92 Å². The number of hydrogen-bond donors (Lipinski definition) is 0. The molecule has 0 spiro atoms. The normalized spacial score (nSPS) is 41.2. The fourth-order valence-electron chi connectivity index (χ4n) is 3.01. The lowest BCUT2D eigenvalue weighted by molar-refractivity contribution is 0.0198. The molecule has 2 saturated heterocycles. The second-order valence-corrected chi connectivity index (χ2v) is 6.40. The highest BCUT2D eigenvalue weighted by Crippen LogP contribution is 2.34. The van der Waals surface area contributed by atoms with E-state index in [9.17, 15) is 0 Å². The molecule has 0 radical (unpaired) electrons. The van der Waals surface area contributed by atoms with Gasteiger partial charge in [0.1, 0.15) is 12.2 Å². The van der Waals surface area contributed by atoms with E-state index < -0.39 is 0 Å². The van der Waals surface area contributed by atoms with E-state index in [-0.39, 0.29) is 0 Å². The second-order valence-electron chi connectivity index (χ2n) is 6.40. The zero-order valence-electron chi connectivity index (χ0n) is 11.9. The van der Waals surface area contributed by atoms with Crippen LogP contribution in [-0.4, -0.2) is 51.8 Å². The van der Waals surface area contributed by atoms with Gasteiger partial charge in [0.05, 0.1) is 26.4 Å². The number of rotatable bonds is 8. The Labute approximate surface area is 115 Å². The zero-order valence-corrected chi connectivity index (χ0v) is 11.9. The summed E-state index contributed by atoms with van der Waals surface area (Å²) in [5, 5.41) is 0. The Bertz CT molecular complexity index is 275. The average molecular weight is 270 g/mol. The minimum absolute atomic E-state index is 0.393. The predicted molar refractivity (Wildman–Crippen MR) is 71.1 cm³/mol. The summed E-state index contributed by atoms with van der Waals surface area (Å²) < 4.78 is 21.8. The van der Waals surface area contributed by atoms with Crippen LogP contribution in [-0.2, 0) is 18.9 Å². The summed E-state index contributed by atoms with van der Waals surface area (Å²) in [6.45, 7) is 7.54. The molecule has 3 rings (SSSR count). The Morgan fingerprint density at radius 3 is 2.11 bits per heavy atom. The zero-order chi connectivity index (χ0) is 13.1. The smallest absolute Gasteiger partial charge is 0.104 e. The lowest BCUT2D eigenvalue weighted by Gasteiger charge is -2.33. The van der Waals surface area contributed by atoms with Crippen LogP contribution in [0.1, 0.15) is 26.2 Å². The van der Waals surface area contributed by atoms with Crippen molar-refractivity contribution in [3.05, 3.63) is 0 Å². The molecule has 2 aliphatic heterocycles. The molecule has 0 aromatic rings. The second kappa shape index (κ2) is 6.53. The van der Waals surface area contributed by atoms with Crippen LogP contribution in [0.3, 0.4) is 0 Å².